The maximum Gasteiger partial charge on any atom is 0.121 e. The summed E-state index contributed by atoms with van der Waals surface area (Å²) in [6, 6.07) is 61.4. The summed E-state index contributed by atoms with van der Waals surface area (Å²) in [7, 11) is 0. The topological polar surface area (TPSA) is 43.9 Å². The van der Waals surface area contributed by atoms with E-state index in [4.69, 9.17) is 12.1 Å². The Kier molecular flexibility index (Phi) is 9.54. The van der Waals surface area contributed by atoms with Crippen molar-refractivity contribution in [3.05, 3.63) is 188 Å². The van der Waals surface area contributed by atoms with Crippen LogP contribution in [0.3, 0.4) is 0 Å². The second-order valence-corrected chi connectivity index (χ2v) is 14.6. The van der Waals surface area contributed by atoms with Crippen LogP contribution in [0.25, 0.3) is 83.2 Å². The van der Waals surface area contributed by atoms with Crippen LogP contribution in [0.5, 0.6) is 0 Å². The van der Waals surface area contributed by atoms with Crippen molar-refractivity contribution in [1.29, 1.82) is 0 Å². The average molecular weight is 904 g/mol. The minimum absolute atomic E-state index is 0. The third kappa shape index (κ3) is 7.44. The van der Waals surface area contributed by atoms with E-state index in [9.17, 15) is 0 Å². The number of hydrogen-bond donors (Lipinski definition) is 0. The summed E-state index contributed by atoms with van der Waals surface area (Å²) in [5.41, 5.74) is 9.66. The fraction of sp³-hybridized carbons (Fsp3) is 0.0980. The molecule has 10 aromatic rings. The number of benzene rings is 7. The SMILES string of the molecule is [2H]C([2H])(c1ccc(-c2ccnc(-c3[c-]ccc4c3oc3cc5ccccc5cc34)c2)cc1)C(C)(C)C.[Ir].[c-]1ccccc1-c1nc2ccccc2n1-c1ccccc1. The molecule has 0 amide bonds. The number of pyridine rings is 1. The van der Waals surface area contributed by atoms with Crippen molar-refractivity contribution < 1.29 is 27.3 Å². The molecule has 1 radical (unpaired) electrons. The van der Waals surface area contributed by atoms with Crippen LogP contribution in [-0.4, -0.2) is 14.5 Å². The van der Waals surface area contributed by atoms with Crippen molar-refractivity contribution in [2.45, 2.75) is 27.1 Å². The van der Waals surface area contributed by atoms with Crippen molar-refractivity contribution >= 4 is 43.7 Å². The molecule has 3 heterocycles. The first-order valence-corrected chi connectivity index (χ1v) is 18.5. The zero-order chi connectivity index (χ0) is 39.1. The Morgan fingerprint density at radius 2 is 1.41 bits per heavy atom. The fourth-order valence-electron chi connectivity index (χ4n) is 7.12. The molecular formula is C51H39IrN3O-2. The number of nitrogens with zero attached hydrogens (tertiary/aromatic N) is 3. The first-order chi connectivity index (χ1) is 27.7. The van der Waals surface area contributed by atoms with Crippen molar-refractivity contribution in [2.24, 2.45) is 5.41 Å². The van der Waals surface area contributed by atoms with Crippen LogP contribution in [0.2, 0.25) is 0 Å². The number of hydrogen-bond acceptors (Lipinski definition) is 3. The van der Waals surface area contributed by atoms with E-state index in [2.05, 4.69) is 70.2 Å². The van der Waals surface area contributed by atoms with Gasteiger partial charge < -0.3 is 14.0 Å². The Labute approximate surface area is 343 Å². The van der Waals surface area contributed by atoms with Gasteiger partial charge in [-0.15, -0.1) is 54.1 Å². The van der Waals surface area contributed by atoms with Gasteiger partial charge >= 0.3 is 0 Å². The number of imidazole rings is 1. The van der Waals surface area contributed by atoms with Gasteiger partial charge in [0.05, 0.1) is 22.4 Å². The van der Waals surface area contributed by atoms with Crippen molar-refractivity contribution in [3.63, 3.8) is 0 Å². The van der Waals surface area contributed by atoms with Crippen molar-refractivity contribution in [1.82, 2.24) is 14.5 Å². The summed E-state index contributed by atoms with van der Waals surface area (Å²) in [4.78, 5) is 9.44. The van der Waals surface area contributed by atoms with Crippen LogP contribution in [-0.2, 0) is 26.5 Å². The molecule has 0 fully saturated rings. The van der Waals surface area contributed by atoms with E-state index in [1.54, 1.807) is 6.20 Å². The van der Waals surface area contributed by atoms with Gasteiger partial charge in [0.15, 0.2) is 0 Å². The zero-order valence-electron chi connectivity index (χ0n) is 33.2. The molecule has 0 saturated heterocycles. The van der Waals surface area contributed by atoms with Crippen LogP contribution >= 0.6 is 0 Å². The average Bonchev–Trinajstić information content (AvgIpc) is 3.82. The minimum Gasteiger partial charge on any atom is -0.501 e. The van der Waals surface area contributed by atoms with Gasteiger partial charge in [0.1, 0.15) is 5.58 Å². The summed E-state index contributed by atoms with van der Waals surface area (Å²) in [6.45, 7) is 5.77. The third-order valence-electron chi connectivity index (χ3n) is 9.58. The molecule has 0 unspecified atom stereocenters. The largest absolute Gasteiger partial charge is 0.501 e. The molecule has 275 valence electrons. The van der Waals surface area contributed by atoms with E-state index in [1.807, 2.05) is 136 Å². The van der Waals surface area contributed by atoms with Crippen molar-refractivity contribution in [3.8, 4) is 39.5 Å². The molecule has 5 heteroatoms. The summed E-state index contributed by atoms with van der Waals surface area (Å²) >= 11 is 0. The molecule has 0 saturated carbocycles. The fourth-order valence-corrected chi connectivity index (χ4v) is 7.12. The van der Waals surface area contributed by atoms with E-state index in [0.29, 0.717) is 5.56 Å². The Balaban J connectivity index is 0.000000181. The third-order valence-corrected chi connectivity index (χ3v) is 9.58. The van der Waals surface area contributed by atoms with Crippen molar-refractivity contribution in [2.75, 3.05) is 0 Å². The molecule has 7 aromatic carbocycles. The minimum atomic E-state index is -1.42. The number of aromatic nitrogens is 3. The molecular weight excluding hydrogens is 863 g/mol. The van der Waals surface area contributed by atoms with Crippen LogP contribution < -0.4 is 0 Å². The second kappa shape index (κ2) is 15.5. The monoisotopic (exact) mass is 904 g/mol. The van der Waals surface area contributed by atoms with Gasteiger partial charge in [0, 0.05) is 40.1 Å². The molecule has 0 aliphatic carbocycles. The first-order valence-electron chi connectivity index (χ1n) is 19.5. The van der Waals surface area contributed by atoms with E-state index < -0.39 is 11.8 Å². The molecule has 0 N–H and O–H groups in total. The van der Waals surface area contributed by atoms with Crippen LogP contribution in [0.1, 0.15) is 29.1 Å². The number of rotatable bonds is 5. The van der Waals surface area contributed by atoms with Crippen LogP contribution in [0.4, 0.5) is 0 Å². The molecule has 3 aromatic heterocycles. The smallest absolute Gasteiger partial charge is 0.121 e. The van der Waals surface area contributed by atoms with Crippen LogP contribution in [0.15, 0.2) is 174 Å². The molecule has 10 rings (SSSR count). The quantitative estimate of drug-likeness (QED) is 0.162. The summed E-state index contributed by atoms with van der Waals surface area (Å²) in [5, 5.41) is 4.46. The zero-order valence-corrected chi connectivity index (χ0v) is 33.6. The van der Waals surface area contributed by atoms with Gasteiger partial charge in [-0.25, -0.2) is 0 Å². The van der Waals surface area contributed by atoms with E-state index in [1.165, 1.54) is 5.39 Å². The van der Waals surface area contributed by atoms with E-state index >= 15 is 0 Å². The van der Waals surface area contributed by atoms with E-state index in [-0.39, 0.29) is 20.1 Å². The van der Waals surface area contributed by atoms with Gasteiger partial charge in [0.25, 0.3) is 0 Å². The Bertz CT molecular complexity index is 3020. The molecule has 56 heavy (non-hydrogen) atoms. The van der Waals surface area contributed by atoms with Gasteiger partial charge in [-0.05, 0) is 87.4 Å². The standard InChI is InChI=1S/C32H26NO.C19H13N2.Ir/c1-32(2,3)20-21-11-13-22(14-12-21)25-15-16-33-29(18-25)27-10-6-9-26-28-17-23-7-4-5-8-24(23)19-30(28)34-31(26)27;1-3-9-15(10-4-1)19-20-17-13-7-8-14-18(17)21(19)16-11-5-2-6-12-16;/h4-9,11-19H,20H2,1-3H3;1-9,11-14H;/q2*-1;/i20D2;;. The molecule has 0 aliphatic heterocycles. The normalized spacial score (nSPS) is 12.2. The number of furan rings is 1. The van der Waals surface area contributed by atoms with Gasteiger partial charge in [-0.1, -0.05) is 117 Å². The summed E-state index contributed by atoms with van der Waals surface area (Å²) in [5.74, 6) is 0.919. The molecule has 0 atom stereocenters. The Morgan fingerprint density at radius 3 is 2.18 bits per heavy atom. The van der Waals surface area contributed by atoms with Crippen LogP contribution in [0, 0.1) is 17.5 Å². The number of para-hydroxylation sites is 3. The first kappa shape index (κ1) is 34.4. The predicted molar refractivity (Wildman–Crippen MR) is 227 cm³/mol. The maximum atomic E-state index is 8.55. The van der Waals surface area contributed by atoms with Gasteiger partial charge in [0.2, 0.25) is 0 Å². The second-order valence-electron chi connectivity index (χ2n) is 14.6. The van der Waals surface area contributed by atoms with E-state index in [0.717, 1.165) is 77.8 Å². The molecule has 0 bridgehead atoms. The van der Waals surface area contributed by atoms with Gasteiger partial charge in [-0.2, -0.15) is 0 Å². The predicted octanol–water partition coefficient (Wildman–Crippen LogP) is 13.3. The summed E-state index contributed by atoms with van der Waals surface area (Å²) in [6.07, 6.45) is 0.377. The molecule has 0 spiro atoms. The Hall–Kier alpha value is -6.13. The Morgan fingerprint density at radius 1 is 0.679 bits per heavy atom. The molecule has 0 aliphatic rings. The summed E-state index contributed by atoms with van der Waals surface area (Å²) < 4.78 is 25.6. The molecule has 4 nitrogen and oxygen atoms in total. The van der Waals surface area contributed by atoms with Gasteiger partial charge in [-0.3, -0.25) is 4.98 Å². The maximum absolute atomic E-state index is 8.55. The number of fused-ring (bicyclic) bond motifs is 5.